The molecule has 0 aromatic heterocycles. The first-order chi connectivity index (χ1) is 16.1. The first-order valence-corrected chi connectivity index (χ1v) is 11.7. The molecule has 1 atom stereocenters. The van der Waals surface area contributed by atoms with Crippen LogP contribution in [0.3, 0.4) is 0 Å². The number of carbonyl (C=O) groups excluding carboxylic acids is 2. The first kappa shape index (κ1) is 25.3. The Morgan fingerprint density at radius 3 is 2.09 bits per heavy atom. The Balaban J connectivity index is 1.44. The van der Waals surface area contributed by atoms with E-state index in [4.69, 9.17) is 4.74 Å². The molecule has 3 N–H and O–H groups in total. The largest absolute Gasteiger partial charge is 0.481 e. The molecule has 0 saturated carbocycles. The Hall–Kier alpha value is -3.35. The molecule has 34 heavy (non-hydrogen) atoms. The number of ether oxygens (including phenoxy) is 1. The number of benzene rings is 2. The number of carboxylic acid groups (broad SMARTS) is 1. The number of hydrogen-bond donors (Lipinski definition) is 3. The lowest BCUT2D eigenvalue weighted by Gasteiger charge is -2.34. The lowest BCUT2D eigenvalue weighted by Crippen LogP contribution is -2.51. The number of carbonyl (C=O) groups is 3. The van der Waals surface area contributed by atoms with Gasteiger partial charge >= 0.3 is 12.1 Å². The minimum absolute atomic E-state index is 0.00511. The first-order valence-electron chi connectivity index (χ1n) is 11.7. The Morgan fingerprint density at radius 1 is 1.00 bits per heavy atom. The quantitative estimate of drug-likeness (QED) is 0.445. The minimum Gasteiger partial charge on any atom is -0.481 e. The topological polar surface area (TPSA) is 105 Å². The van der Waals surface area contributed by atoms with Gasteiger partial charge in [-0.1, -0.05) is 62.4 Å². The molecular formula is C27H34N2O5. The van der Waals surface area contributed by atoms with Crippen molar-refractivity contribution < 1.29 is 24.2 Å². The van der Waals surface area contributed by atoms with E-state index in [0.717, 1.165) is 11.1 Å². The zero-order valence-corrected chi connectivity index (χ0v) is 20.3. The summed E-state index contributed by atoms with van der Waals surface area (Å²) in [5.41, 5.74) is 3.56. The van der Waals surface area contributed by atoms with Gasteiger partial charge in [-0.3, -0.25) is 9.59 Å². The fourth-order valence-corrected chi connectivity index (χ4v) is 4.65. The minimum atomic E-state index is -1.08. The van der Waals surface area contributed by atoms with Crippen molar-refractivity contribution in [3.05, 3.63) is 59.7 Å². The average Bonchev–Trinajstić information content (AvgIpc) is 3.12. The van der Waals surface area contributed by atoms with E-state index in [1.165, 1.54) is 11.1 Å². The Bertz CT molecular complexity index is 1000. The zero-order chi connectivity index (χ0) is 24.9. The summed E-state index contributed by atoms with van der Waals surface area (Å²) >= 11 is 0. The van der Waals surface area contributed by atoms with Gasteiger partial charge < -0.3 is 20.5 Å². The van der Waals surface area contributed by atoms with Crippen LogP contribution in [0.4, 0.5) is 4.79 Å². The van der Waals surface area contributed by atoms with E-state index < -0.39 is 23.5 Å². The van der Waals surface area contributed by atoms with Crippen molar-refractivity contribution in [3.63, 3.8) is 0 Å². The van der Waals surface area contributed by atoms with E-state index in [1.54, 1.807) is 13.8 Å². The van der Waals surface area contributed by atoms with Crippen LogP contribution in [0.5, 0.6) is 0 Å². The molecule has 182 valence electrons. The Morgan fingerprint density at radius 2 is 1.56 bits per heavy atom. The molecule has 7 nitrogen and oxygen atoms in total. The van der Waals surface area contributed by atoms with Gasteiger partial charge in [-0.15, -0.1) is 0 Å². The maximum absolute atomic E-state index is 12.4. The van der Waals surface area contributed by atoms with Crippen molar-refractivity contribution in [1.29, 1.82) is 0 Å². The summed E-state index contributed by atoms with van der Waals surface area (Å²) in [6, 6.07) is 15.8. The van der Waals surface area contributed by atoms with Crippen LogP contribution in [-0.2, 0) is 14.3 Å². The summed E-state index contributed by atoms with van der Waals surface area (Å²) in [6.07, 6.45) is 0.0889. The molecule has 1 aliphatic rings. The van der Waals surface area contributed by atoms with Gasteiger partial charge in [0, 0.05) is 24.9 Å². The van der Waals surface area contributed by atoms with Crippen LogP contribution in [0.1, 0.15) is 57.6 Å². The van der Waals surface area contributed by atoms with Crippen LogP contribution in [-0.4, -0.2) is 42.3 Å². The van der Waals surface area contributed by atoms with E-state index in [-0.39, 0.29) is 30.8 Å². The number of aliphatic carboxylic acids is 1. The molecule has 0 fully saturated rings. The second kappa shape index (κ2) is 10.7. The molecule has 1 unspecified atom stereocenters. The van der Waals surface area contributed by atoms with Crippen molar-refractivity contribution in [2.24, 2.45) is 11.3 Å². The van der Waals surface area contributed by atoms with Crippen LogP contribution in [0.2, 0.25) is 0 Å². The molecule has 0 heterocycles. The van der Waals surface area contributed by atoms with Gasteiger partial charge in [0.1, 0.15) is 6.61 Å². The van der Waals surface area contributed by atoms with Crippen molar-refractivity contribution in [2.45, 2.75) is 52.5 Å². The number of hydrogen-bond acceptors (Lipinski definition) is 4. The van der Waals surface area contributed by atoms with Crippen LogP contribution in [0, 0.1) is 11.3 Å². The van der Waals surface area contributed by atoms with Gasteiger partial charge in [0.2, 0.25) is 5.91 Å². The van der Waals surface area contributed by atoms with Crippen LogP contribution in [0.15, 0.2) is 48.5 Å². The molecule has 0 aliphatic heterocycles. The van der Waals surface area contributed by atoms with Crippen LogP contribution < -0.4 is 10.6 Å². The van der Waals surface area contributed by atoms with Crippen molar-refractivity contribution in [3.8, 4) is 11.1 Å². The third kappa shape index (κ3) is 5.58. The van der Waals surface area contributed by atoms with E-state index in [2.05, 4.69) is 34.9 Å². The van der Waals surface area contributed by atoms with Crippen molar-refractivity contribution in [2.75, 3.05) is 13.2 Å². The highest BCUT2D eigenvalue weighted by Gasteiger charge is 2.39. The number of rotatable bonds is 10. The molecule has 3 rings (SSSR count). The van der Waals surface area contributed by atoms with E-state index in [1.807, 2.05) is 38.1 Å². The standard InChI is InChI=1S/C27H34N2O5/c1-17(2)24(27(3,4)25(31)32)29-23(30)14-9-15-28-26(33)34-16-22-20-12-7-5-10-18(20)19-11-6-8-13-21(19)22/h5-8,10-13,17,22,24H,9,14-16H2,1-4H3,(H,28,33)(H,29,30)(H,31,32). The molecule has 2 aromatic carbocycles. The van der Waals surface area contributed by atoms with Gasteiger partial charge in [-0.05, 0) is 48.4 Å². The van der Waals surface area contributed by atoms with E-state index >= 15 is 0 Å². The van der Waals surface area contributed by atoms with Gasteiger partial charge in [-0.25, -0.2) is 4.79 Å². The third-order valence-corrected chi connectivity index (χ3v) is 6.51. The number of nitrogens with one attached hydrogen (secondary N) is 2. The molecule has 0 saturated heterocycles. The third-order valence-electron chi connectivity index (χ3n) is 6.51. The normalized spacial score (nSPS) is 13.7. The second-order valence-electron chi connectivity index (χ2n) is 9.67. The fourth-order valence-electron chi connectivity index (χ4n) is 4.65. The van der Waals surface area contributed by atoms with Gasteiger partial charge in [-0.2, -0.15) is 0 Å². The zero-order valence-electron chi connectivity index (χ0n) is 20.3. The number of alkyl carbamates (subject to hydrolysis) is 1. The van der Waals surface area contributed by atoms with Crippen LogP contribution >= 0.6 is 0 Å². The summed E-state index contributed by atoms with van der Waals surface area (Å²) in [5, 5.41) is 15.0. The van der Waals surface area contributed by atoms with E-state index in [9.17, 15) is 19.5 Å². The van der Waals surface area contributed by atoms with Crippen molar-refractivity contribution in [1.82, 2.24) is 10.6 Å². The second-order valence-corrected chi connectivity index (χ2v) is 9.67. The van der Waals surface area contributed by atoms with Gasteiger partial charge in [0.25, 0.3) is 0 Å². The van der Waals surface area contributed by atoms with Gasteiger partial charge in [0.05, 0.1) is 5.41 Å². The summed E-state index contributed by atoms with van der Waals surface area (Å²) in [6.45, 7) is 7.51. The Labute approximate surface area is 200 Å². The molecule has 2 aromatic rings. The predicted octanol–water partition coefficient (Wildman–Crippen LogP) is 4.56. The molecular weight excluding hydrogens is 432 g/mol. The van der Waals surface area contributed by atoms with Gasteiger partial charge in [0.15, 0.2) is 0 Å². The summed E-state index contributed by atoms with van der Waals surface area (Å²) < 4.78 is 5.50. The molecule has 0 radical (unpaired) electrons. The summed E-state index contributed by atoms with van der Waals surface area (Å²) in [7, 11) is 0. The molecule has 1 aliphatic carbocycles. The maximum Gasteiger partial charge on any atom is 0.407 e. The monoisotopic (exact) mass is 466 g/mol. The number of amides is 2. The SMILES string of the molecule is CC(C)C(NC(=O)CCCNC(=O)OCC1c2ccccc2-c2ccccc21)C(C)(C)C(=O)O. The molecule has 2 amide bonds. The molecule has 0 spiro atoms. The molecule has 7 heteroatoms. The molecule has 0 bridgehead atoms. The highest BCUT2D eigenvalue weighted by molar-refractivity contribution is 5.80. The average molecular weight is 467 g/mol. The summed E-state index contributed by atoms with van der Waals surface area (Å²) in [5.74, 6) is -1.23. The lowest BCUT2D eigenvalue weighted by atomic mass is 9.78. The fraction of sp³-hybridized carbons (Fsp3) is 0.444. The Kier molecular flexibility index (Phi) is 7.97. The summed E-state index contributed by atoms with van der Waals surface area (Å²) in [4.78, 5) is 36.2. The highest BCUT2D eigenvalue weighted by atomic mass is 16.5. The maximum atomic E-state index is 12.4. The number of carboxylic acids is 1. The lowest BCUT2D eigenvalue weighted by molar-refractivity contribution is -0.150. The van der Waals surface area contributed by atoms with E-state index in [0.29, 0.717) is 13.0 Å². The van der Waals surface area contributed by atoms with Crippen molar-refractivity contribution >= 4 is 18.0 Å². The smallest absolute Gasteiger partial charge is 0.407 e. The number of fused-ring (bicyclic) bond motifs is 3. The highest BCUT2D eigenvalue weighted by Crippen LogP contribution is 2.44. The van der Waals surface area contributed by atoms with Crippen LogP contribution in [0.25, 0.3) is 11.1 Å². The predicted molar refractivity (Wildman–Crippen MR) is 130 cm³/mol.